The van der Waals surface area contributed by atoms with Crippen LogP contribution in [0.4, 0.5) is 0 Å². The van der Waals surface area contributed by atoms with E-state index in [1.54, 1.807) is 0 Å². The normalized spacial score (nSPS) is 12.7. The summed E-state index contributed by atoms with van der Waals surface area (Å²) in [6.07, 6.45) is 8.95. The zero-order valence-electron chi connectivity index (χ0n) is 11.7. The Kier molecular flexibility index (Phi) is 7.38. The Morgan fingerprint density at radius 3 is 2.44 bits per heavy atom. The summed E-state index contributed by atoms with van der Waals surface area (Å²) in [4.78, 5) is 0. The maximum absolute atomic E-state index is 6.20. The maximum Gasteiger partial charge on any atom is 0.0438 e. The molecule has 0 amide bonds. The molecule has 2 heteroatoms. The summed E-state index contributed by atoms with van der Waals surface area (Å²) in [6, 6.07) is 6.30. The van der Waals surface area contributed by atoms with Crippen LogP contribution in [-0.2, 0) is 0 Å². The van der Waals surface area contributed by atoms with Crippen LogP contribution in [0.3, 0.4) is 0 Å². The molecule has 0 aliphatic rings. The molecule has 1 nitrogen and oxygen atoms in total. The molecule has 0 spiro atoms. The van der Waals surface area contributed by atoms with E-state index < -0.39 is 0 Å². The van der Waals surface area contributed by atoms with Gasteiger partial charge < -0.3 is 5.73 Å². The van der Waals surface area contributed by atoms with Gasteiger partial charge >= 0.3 is 0 Å². The molecule has 0 aliphatic carbocycles. The predicted molar refractivity (Wildman–Crippen MR) is 81.1 cm³/mol. The van der Waals surface area contributed by atoms with Crippen LogP contribution in [0.2, 0.25) is 5.02 Å². The molecule has 0 saturated carbocycles. The lowest BCUT2D eigenvalue weighted by atomic mass is 9.99. The molecule has 102 valence electrons. The summed E-state index contributed by atoms with van der Waals surface area (Å²) in [6.45, 7) is 4.27. The van der Waals surface area contributed by atoms with Gasteiger partial charge in [0, 0.05) is 11.1 Å². The van der Waals surface area contributed by atoms with Gasteiger partial charge in [-0.3, -0.25) is 0 Å². The van der Waals surface area contributed by atoms with Crippen molar-refractivity contribution in [1.82, 2.24) is 0 Å². The quantitative estimate of drug-likeness (QED) is 0.627. The van der Waals surface area contributed by atoms with Crippen molar-refractivity contribution in [1.29, 1.82) is 0 Å². The average molecular weight is 268 g/mol. The fraction of sp³-hybridized carbons (Fsp3) is 0.625. The first-order chi connectivity index (χ1) is 8.65. The van der Waals surface area contributed by atoms with Crippen LogP contribution in [0.1, 0.15) is 69.0 Å². The number of halogens is 1. The van der Waals surface area contributed by atoms with E-state index in [1.165, 1.54) is 44.1 Å². The minimum Gasteiger partial charge on any atom is -0.324 e. The number of unbranched alkanes of at least 4 members (excludes halogenated alkanes) is 5. The molecule has 1 rings (SSSR count). The second kappa shape index (κ2) is 8.55. The fourth-order valence-electron chi connectivity index (χ4n) is 2.15. The van der Waals surface area contributed by atoms with Crippen molar-refractivity contribution in [3.05, 3.63) is 34.3 Å². The van der Waals surface area contributed by atoms with Crippen molar-refractivity contribution in [3.63, 3.8) is 0 Å². The number of rotatable bonds is 8. The van der Waals surface area contributed by atoms with Crippen molar-refractivity contribution in [2.24, 2.45) is 5.73 Å². The summed E-state index contributed by atoms with van der Waals surface area (Å²) in [5, 5.41) is 0.825. The van der Waals surface area contributed by atoms with Gasteiger partial charge in [0.1, 0.15) is 0 Å². The first-order valence-electron chi connectivity index (χ1n) is 7.16. The Labute approximate surface area is 117 Å². The molecular formula is C16H26ClN. The molecule has 2 N–H and O–H groups in total. The van der Waals surface area contributed by atoms with Crippen molar-refractivity contribution < 1.29 is 0 Å². The van der Waals surface area contributed by atoms with E-state index in [0.717, 1.165) is 17.0 Å². The van der Waals surface area contributed by atoms with Gasteiger partial charge in [-0.15, -0.1) is 0 Å². The minimum atomic E-state index is 0.134. The lowest BCUT2D eigenvalue weighted by Gasteiger charge is -2.13. The summed E-state index contributed by atoms with van der Waals surface area (Å²) < 4.78 is 0. The van der Waals surface area contributed by atoms with Crippen LogP contribution < -0.4 is 5.73 Å². The summed E-state index contributed by atoms with van der Waals surface area (Å²) in [5.41, 5.74) is 8.48. The second-order valence-electron chi connectivity index (χ2n) is 5.17. The third-order valence-electron chi connectivity index (χ3n) is 3.49. The van der Waals surface area contributed by atoms with Crippen LogP contribution in [0.5, 0.6) is 0 Å². The summed E-state index contributed by atoms with van der Waals surface area (Å²) in [5.74, 6) is 0. The van der Waals surface area contributed by atoms with E-state index in [1.807, 2.05) is 13.0 Å². The molecule has 0 fully saturated rings. The fourth-order valence-corrected chi connectivity index (χ4v) is 2.34. The Bertz CT molecular complexity index is 349. The molecule has 0 aliphatic heterocycles. The predicted octanol–water partition coefficient (Wildman–Crippen LogP) is 5.40. The zero-order chi connectivity index (χ0) is 13.4. The number of hydrogen-bond donors (Lipinski definition) is 1. The highest BCUT2D eigenvalue weighted by atomic mass is 35.5. The van der Waals surface area contributed by atoms with E-state index in [-0.39, 0.29) is 6.04 Å². The van der Waals surface area contributed by atoms with Gasteiger partial charge in [0.05, 0.1) is 0 Å². The van der Waals surface area contributed by atoms with Crippen molar-refractivity contribution in [2.75, 3.05) is 0 Å². The molecule has 0 bridgehead atoms. The first-order valence-corrected chi connectivity index (χ1v) is 7.54. The first kappa shape index (κ1) is 15.5. The van der Waals surface area contributed by atoms with E-state index in [9.17, 15) is 0 Å². The monoisotopic (exact) mass is 267 g/mol. The number of benzene rings is 1. The van der Waals surface area contributed by atoms with Gasteiger partial charge in [0.15, 0.2) is 0 Å². The van der Waals surface area contributed by atoms with Crippen molar-refractivity contribution in [2.45, 2.75) is 64.8 Å². The number of hydrogen-bond acceptors (Lipinski definition) is 1. The third-order valence-corrected chi connectivity index (χ3v) is 3.90. The molecular weight excluding hydrogens is 242 g/mol. The van der Waals surface area contributed by atoms with E-state index in [0.29, 0.717) is 0 Å². The summed E-state index contributed by atoms with van der Waals surface area (Å²) in [7, 11) is 0. The van der Waals surface area contributed by atoms with E-state index >= 15 is 0 Å². The van der Waals surface area contributed by atoms with Gasteiger partial charge in [-0.2, -0.15) is 0 Å². The van der Waals surface area contributed by atoms with Crippen LogP contribution in [0, 0.1) is 6.92 Å². The smallest absolute Gasteiger partial charge is 0.0438 e. The Morgan fingerprint density at radius 2 is 1.78 bits per heavy atom. The lowest BCUT2D eigenvalue weighted by molar-refractivity contribution is 0.547. The van der Waals surface area contributed by atoms with Crippen molar-refractivity contribution >= 4 is 11.6 Å². The van der Waals surface area contributed by atoms with Gasteiger partial charge in [-0.05, 0) is 30.5 Å². The lowest BCUT2D eigenvalue weighted by Crippen LogP contribution is -2.10. The molecule has 1 atom stereocenters. The standard InChI is InChI=1S/C16H26ClN/c1-3-4-5-6-7-8-9-16(18)14-11-10-13(2)15(17)12-14/h10-12,16H,3-9,18H2,1-2H3. The third kappa shape index (κ3) is 5.41. The van der Waals surface area contributed by atoms with Crippen LogP contribution >= 0.6 is 11.6 Å². The van der Waals surface area contributed by atoms with Crippen LogP contribution in [-0.4, -0.2) is 0 Å². The zero-order valence-corrected chi connectivity index (χ0v) is 12.5. The Balaban J connectivity index is 2.27. The van der Waals surface area contributed by atoms with Crippen LogP contribution in [0.25, 0.3) is 0 Å². The second-order valence-corrected chi connectivity index (χ2v) is 5.58. The number of aryl methyl sites for hydroxylation is 1. The van der Waals surface area contributed by atoms with Gasteiger partial charge in [-0.25, -0.2) is 0 Å². The van der Waals surface area contributed by atoms with Gasteiger partial charge in [0.25, 0.3) is 0 Å². The molecule has 0 aromatic heterocycles. The maximum atomic E-state index is 6.20. The summed E-state index contributed by atoms with van der Waals surface area (Å²) >= 11 is 6.12. The van der Waals surface area contributed by atoms with Gasteiger partial charge in [0.2, 0.25) is 0 Å². The van der Waals surface area contributed by atoms with Gasteiger partial charge in [-0.1, -0.05) is 69.2 Å². The molecule has 0 heterocycles. The number of nitrogens with two attached hydrogens (primary N) is 1. The van der Waals surface area contributed by atoms with Crippen LogP contribution in [0.15, 0.2) is 18.2 Å². The van der Waals surface area contributed by atoms with Crippen molar-refractivity contribution in [3.8, 4) is 0 Å². The van der Waals surface area contributed by atoms with E-state index in [2.05, 4.69) is 19.1 Å². The minimum absolute atomic E-state index is 0.134. The average Bonchev–Trinajstić information content (AvgIpc) is 2.36. The molecule has 1 aromatic carbocycles. The molecule has 1 aromatic rings. The largest absolute Gasteiger partial charge is 0.324 e. The SMILES string of the molecule is CCCCCCCCC(N)c1ccc(C)c(Cl)c1. The molecule has 1 unspecified atom stereocenters. The molecule has 0 saturated heterocycles. The van der Waals surface area contributed by atoms with E-state index in [4.69, 9.17) is 17.3 Å². The molecule has 0 radical (unpaired) electrons. The highest BCUT2D eigenvalue weighted by Gasteiger charge is 2.07. The Hall–Kier alpha value is -0.530. The highest BCUT2D eigenvalue weighted by Crippen LogP contribution is 2.23. The Morgan fingerprint density at radius 1 is 1.11 bits per heavy atom. The molecule has 18 heavy (non-hydrogen) atoms. The highest BCUT2D eigenvalue weighted by molar-refractivity contribution is 6.31. The topological polar surface area (TPSA) is 26.0 Å².